The van der Waals surface area contributed by atoms with E-state index < -0.39 is 5.97 Å². The zero-order valence-corrected chi connectivity index (χ0v) is 14.6. The molecule has 2 aromatic carbocycles. The van der Waals surface area contributed by atoms with Crippen molar-refractivity contribution in [1.29, 1.82) is 0 Å². The third-order valence-electron chi connectivity index (χ3n) is 4.08. The molecule has 0 aliphatic carbocycles. The van der Waals surface area contributed by atoms with E-state index in [1.807, 2.05) is 0 Å². The van der Waals surface area contributed by atoms with Crippen molar-refractivity contribution in [3.63, 3.8) is 0 Å². The molecule has 0 atom stereocenters. The Kier molecular flexibility index (Phi) is 3.98. The molecule has 0 unspecified atom stereocenters. The summed E-state index contributed by atoms with van der Waals surface area (Å²) >= 11 is 11.8. The number of fused-ring (bicyclic) bond motifs is 3. The number of carbonyl (C=O) groups is 1. The smallest absolute Gasteiger partial charge is 0.307 e. The van der Waals surface area contributed by atoms with Gasteiger partial charge in [-0.25, -0.2) is 0 Å². The second-order valence-corrected chi connectivity index (χ2v) is 6.56. The Morgan fingerprint density at radius 2 is 1.81 bits per heavy atom. The fourth-order valence-corrected chi connectivity index (χ4v) is 3.24. The molecule has 2 aromatic heterocycles. The fraction of sp³-hybridized carbons (Fsp3) is 0.0526. The highest BCUT2D eigenvalue weighted by Crippen LogP contribution is 2.38. The molecule has 0 amide bonds. The first-order valence-electron chi connectivity index (χ1n) is 7.59. The van der Waals surface area contributed by atoms with E-state index in [0.717, 1.165) is 6.26 Å². The average molecular weight is 389 g/mol. The lowest BCUT2D eigenvalue weighted by molar-refractivity contribution is -0.136. The van der Waals surface area contributed by atoms with Gasteiger partial charge in [0.25, 0.3) is 0 Å². The van der Waals surface area contributed by atoms with Crippen molar-refractivity contribution in [3.05, 3.63) is 68.5 Å². The number of hydrogen-bond donors (Lipinski definition) is 1. The highest BCUT2D eigenvalue weighted by atomic mass is 35.5. The Bertz CT molecular complexity index is 1220. The number of carboxylic acids is 1. The summed E-state index contributed by atoms with van der Waals surface area (Å²) in [6.07, 6.45) is 0.849. The van der Waals surface area contributed by atoms with E-state index in [9.17, 15) is 14.7 Å². The molecule has 0 fully saturated rings. The van der Waals surface area contributed by atoms with Crippen molar-refractivity contribution in [3.8, 4) is 11.3 Å². The minimum atomic E-state index is -1.03. The second kappa shape index (κ2) is 6.20. The van der Waals surface area contributed by atoms with Crippen LogP contribution in [0.25, 0.3) is 33.3 Å². The summed E-state index contributed by atoms with van der Waals surface area (Å²) in [6.45, 7) is 0. The summed E-state index contributed by atoms with van der Waals surface area (Å²) < 4.78 is 11.4. The van der Waals surface area contributed by atoms with Crippen molar-refractivity contribution >= 4 is 51.1 Å². The number of aliphatic carboxylic acids is 1. The first-order chi connectivity index (χ1) is 12.5. The predicted octanol–water partition coefficient (Wildman–Crippen LogP) is 5.14. The quantitative estimate of drug-likeness (QED) is 0.525. The van der Waals surface area contributed by atoms with Gasteiger partial charge in [0.2, 0.25) is 5.43 Å². The maximum atomic E-state index is 12.3. The van der Waals surface area contributed by atoms with Gasteiger partial charge < -0.3 is 13.9 Å². The van der Waals surface area contributed by atoms with Crippen LogP contribution in [-0.4, -0.2) is 11.1 Å². The molecule has 4 rings (SSSR count). The summed E-state index contributed by atoms with van der Waals surface area (Å²) in [5.41, 5.74) is 1.38. The lowest BCUT2D eigenvalue weighted by atomic mass is 10.0. The van der Waals surface area contributed by atoms with Gasteiger partial charge in [-0.15, -0.1) is 0 Å². The summed E-state index contributed by atoms with van der Waals surface area (Å²) in [5, 5.41) is 10.6. The van der Waals surface area contributed by atoms with E-state index in [1.165, 1.54) is 0 Å². The van der Waals surface area contributed by atoms with E-state index in [2.05, 4.69) is 0 Å². The van der Waals surface area contributed by atoms with Crippen LogP contribution < -0.4 is 5.43 Å². The molecular weight excluding hydrogens is 379 g/mol. The molecule has 0 radical (unpaired) electrons. The highest BCUT2D eigenvalue weighted by Gasteiger charge is 2.22. The number of hydrogen-bond acceptors (Lipinski definition) is 4. The number of rotatable bonds is 3. The number of furan rings is 1. The highest BCUT2D eigenvalue weighted by molar-refractivity contribution is 6.31. The van der Waals surface area contributed by atoms with Gasteiger partial charge in [-0.1, -0.05) is 23.2 Å². The van der Waals surface area contributed by atoms with Crippen molar-refractivity contribution < 1.29 is 18.7 Å². The SMILES string of the molecule is O=C(O)Cc1c(-c2ccc(Cl)cc2)oc2ccc3c(=O)c(Cl)coc3c12. The van der Waals surface area contributed by atoms with Crippen molar-refractivity contribution in [2.24, 2.45) is 0 Å². The minimum Gasteiger partial charge on any atom is -0.481 e. The number of benzene rings is 2. The molecule has 0 spiro atoms. The van der Waals surface area contributed by atoms with Crippen LogP contribution in [0.2, 0.25) is 10.0 Å². The monoisotopic (exact) mass is 388 g/mol. The maximum absolute atomic E-state index is 12.3. The minimum absolute atomic E-state index is 0.0435. The molecule has 26 heavy (non-hydrogen) atoms. The summed E-state index contributed by atoms with van der Waals surface area (Å²) in [6, 6.07) is 10.0. The van der Waals surface area contributed by atoms with Crippen LogP contribution in [0.5, 0.6) is 0 Å². The van der Waals surface area contributed by atoms with E-state index >= 15 is 0 Å². The van der Waals surface area contributed by atoms with Gasteiger partial charge in [0, 0.05) is 16.1 Å². The van der Waals surface area contributed by atoms with Crippen molar-refractivity contribution in [1.82, 2.24) is 0 Å². The van der Waals surface area contributed by atoms with Gasteiger partial charge in [0.05, 0.1) is 17.2 Å². The Hall–Kier alpha value is -2.76. The molecule has 4 aromatic rings. The molecule has 130 valence electrons. The molecule has 7 heteroatoms. The van der Waals surface area contributed by atoms with E-state index in [-0.39, 0.29) is 27.8 Å². The third-order valence-corrected chi connectivity index (χ3v) is 4.60. The molecule has 0 saturated carbocycles. The standard InChI is InChI=1S/C19H10Cl2O5/c20-10-3-1-9(2-4-10)18-12(7-15(22)23)16-14(26-18)6-5-11-17(24)13(21)8-25-19(11)16/h1-6,8H,7H2,(H,22,23). The second-order valence-electron chi connectivity index (χ2n) is 5.72. The van der Waals surface area contributed by atoms with E-state index in [4.69, 9.17) is 32.0 Å². The van der Waals surface area contributed by atoms with Crippen LogP contribution in [0, 0.1) is 0 Å². The molecule has 5 nitrogen and oxygen atoms in total. The summed E-state index contributed by atoms with van der Waals surface area (Å²) in [4.78, 5) is 23.7. The van der Waals surface area contributed by atoms with Crippen LogP contribution >= 0.6 is 23.2 Å². The molecule has 1 N–H and O–H groups in total. The van der Waals surface area contributed by atoms with Crippen molar-refractivity contribution in [2.75, 3.05) is 0 Å². The Balaban J connectivity index is 2.11. The van der Waals surface area contributed by atoms with Crippen molar-refractivity contribution in [2.45, 2.75) is 6.42 Å². The predicted molar refractivity (Wildman–Crippen MR) is 99.1 cm³/mol. The molecule has 0 aliphatic heterocycles. The Morgan fingerprint density at radius 3 is 2.50 bits per heavy atom. The Labute approximate surface area is 156 Å². The summed E-state index contributed by atoms with van der Waals surface area (Å²) in [7, 11) is 0. The molecule has 0 bridgehead atoms. The van der Waals surface area contributed by atoms with E-state index in [1.54, 1.807) is 36.4 Å². The first kappa shape index (κ1) is 16.7. The van der Waals surface area contributed by atoms with Crippen LogP contribution in [-0.2, 0) is 11.2 Å². The first-order valence-corrected chi connectivity index (χ1v) is 8.34. The third kappa shape index (κ3) is 2.66. The van der Waals surface area contributed by atoms with E-state index in [0.29, 0.717) is 32.9 Å². The normalized spacial score (nSPS) is 11.3. The number of halogens is 2. The van der Waals surface area contributed by atoms with Crippen LogP contribution in [0.3, 0.4) is 0 Å². The van der Waals surface area contributed by atoms with Crippen LogP contribution in [0.1, 0.15) is 5.56 Å². The van der Waals surface area contributed by atoms with Crippen LogP contribution in [0.15, 0.2) is 56.3 Å². The van der Waals surface area contributed by atoms with Gasteiger partial charge >= 0.3 is 5.97 Å². The van der Waals surface area contributed by atoms with Gasteiger partial charge in [-0.05, 0) is 36.4 Å². The Morgan fingerprint density at radius 1 is 1.08 bits per heavy atom. The molecule has 0 aliphatic rings. The molecule has 0 saturated heterocycles. The lowest BCUT2D eigenvalue weighted by Crippen LogP contribution is -2.03. The largest absolute Gasteiger partial charge is 0.481 e. The zero-order valence-electron chi connectivity index (χ0n) is 13.1. The average Bonchev–Trinajstić information content (AvgIpc) is 2.97. The van der Waals surface area contributed by atoms with Gasteiger partial charge in [0.1, 0.15) is 28.2 Å². The fourth-order valence-electron chi connectivity index (χ4n) is 2.97. The van der Waals surface area contributed by atoms with Crippen LogP contribution in [0.4, 0.5) is 0 Å². The van der Waals surface area contributed by atoms with Gasteiger partial charge in [-0.2, -0.15) is 0 Å². The molecular formula is C19H10Cl2O5. The zero-order chi connectivity index (χ0) is 18.4. The topological polar surface area (TPSA) is 80.6 Å². The van der Waals surface area contributed by atoms with Gasteiger partial charge in [0.15, 0.2) is 0 Å². The summed E-state index contributed by atoms with van der Waals surface area (Å²) in [5.74, 6) is -0.639. The lowest BCUT2D eigenvalue weighted by Gasteiger charge is -2.02. The maximum Gasteiger partial charge on any atom is 0.307 e. The van der Waals surface area contributed by atoms with Gasteiger partial charge in [-0.3, -0.25) is 9.59 Å². The number of carboxylic acid groups (broad SMARTS) is 1. The molecule has 2 heterocycles.